The van der Waals surface area contributed by atoms with Crippen LogP contribution in [0, 0.1) is 12.1 Å². The van der Waals surface area contributed by atoms with Crippen LogP contribution >= 0.6 is 0 Å². The molecule has 11 heavy (non-hydrogen) atoms. The first kappa shape index (κ1) is 7.87. The van der Waals surface area contributed by atoms with Crippen molar-refractivity contribution in [2.75, 3.05) is 0 Å². The molecular formula is C8H7BO2. The normalized spacial score (nSPS) is 8.55. The summed E-state index contributed by atoms with van der Waals surface area (Å²) in [7, 11) is -1.47. The Balaban J connectivity index is 2.91. The summed E-state index contributed by atoms with van der Waals surface area (Å²) >= 11 is 0. The molecule has 3 heteroatoms. The quantitative estimate of drug-likeness (QED) is 0.557. The van der Waals surface area contributed by atoms with E-state index in [2.05, 4.69) is 18.7 Å². The zero-order valence-electron chi connectivity index (χ0n) is 5.91. The minimum absolute atomic E-state index is 0.315. The third kappa shape index (κ3) is 1.84. The molecule has 0 atom stereocenters. The van der Waals surface area contributed by atoms with Crippen LogP contribution in [-0.4, -0.2) is 17.2 Å². The Hall–Kier alpha value is -1.24. The van der Waals surface area contributed by atoms with Gasteiger partial charge in [-0.05, 0) is 6.07 Å². The van der Waals surface area contributed by atoms with Gasteiger partial charge in [-0.3, -0.25) is 0 Å². The third-order valence-electron chi connectivity index (χ3n) is 1.29. The first-order valence-corrected chi connectivity index (χ1v) is 3.16. The molecule has 0 fully saturated rings. The molecule has 0 heterocycles. The van der Waals surface area contributed by atoms with E-state index < -0.39 is 7.12 Å². The van der Waals surface area contributed by atoms with E-state index >= 15 is 0 Å². The minimum atomic E-state index is -1.47. The van der Waals surface area contributed by atoms with Gasteiger partial charge in [0.05, 0.1) is 0 Å². The largest absolute Gasteiger partial charge is 0.497 e. The zero-order chi connectivity index (χ0) is 8.27. The van der Waals surface area contributed by atoms with Crippen molar-refractivity contribution in [2.45, 2.75) is 0 Å². The van der Waals surface area contributed by atoms with Crippen LogP contribution in [0.4, 0.5) is 0 Å². The first-order valence-electron chi connectivity index (χ1n) is 3.16. The topological polar surface area (TPSA) is 40.5 Å². The highest BCUT2D eigenvalue weighted by atomic mass is 16.4. The van der Waals surface area contributed by atoms with Crippen molar-refractivity contribution in [2.24, 2.45) is 0 Å². The summed E-state index contributed by atoms with van der Waals surface area (Å²) < 4.78 is 0. The Bertz CT molecular complexity index is 241. The number of hydrogen-bond donors (Lipinski definition) is 2. The van der Waals surface area contributed by atoms with Crippen molar-refractivity contribution in [3.63, 3.8) is 0 Å². The van der Waals surface area contributed by atoms with Gasteiger partial charge in [0.15, 0.2) is 0 Å². The molecule has 2 nitrogen and oxygen atoms in total. The predicted molar refractivity (Wildman–Crippen MR) is 44.0 cm³/mol. The fourth-order valence-electron chi connectivity index (χ4n) is 0.677. The van der Waals surface area contributed by atoms with Crippen LogP contribution in [-0.2, 0) is 0 Å². The van der Waals surface area contributed by atoms with Crippen LogP contribution in [0.5, 0.6) is 0 Å². The van der Waals surface area contributed by atoms with Crippen molar-refractivity contribution < 1.29 is 10.0 Å². The lowest BCUT2D eigenvalue weighted by Gasteiger charge is -1.92. The fraction of sp³-hybridized carbons (Fsp3) is 0. The monoisotopic (exact) mass is 146 g/mol. The summed E-state index contributed by atoms with van der Waals surface area (Å²) in [5, 5.41) is 17.3. The van der Waals surface area contributed by atoms with Crippen molar-refractivity contribution in [3.05, 3.63) is 36.4 Å². The molecule has 0 bridgehead atoms. The van der Waals surface area contributed by atoms with E-state index in [-0.39, 0.29) is 0 Å². The molecule has 1 rings (SSSR count). The third-order valence-corrected chi connectivity index (χ3v) is 1.29. The van der Waals surface area contributed by atoms with E-state index in [1.54, 1.807) is 18.2 Å². The van der Waals surface area contributed by atoms with Crippen LogP contribution in [0.25, 0.3) is 6.08 Å². The molecule has 0 aliphatic heterocycles. The molecule has 0 aromatic heterocycles. The van der Waals surface area contributed by atoms with Crippen LogP contribution < -0.4 is 5.46 Å². The molecule has 54 valence electrons. The predicted octanol–water partition coefficient (Wildman–Crippen LogP) is -0.390. The summed E-state index contributed by atoms with van der Waals surface area (Å²) in [6, 6.07) is 8.56. The Morgan fingerprint density at radius 2 is 2.09 bits per heavy atom. The molecule has 0 aliphatic carbocycles. The Morgan fingerprint density at radius 3 is 2.45 bits per heavy atom. The smallest absolute Gasteiger partial charge is 0.423 e. The molecule has 0 spiro atoms. The van der Waals surface area contributed by atoms with Gasteiger partial charge in [0.2, 0.25) is 0 Å². The van der Waals surface area contributed by atoms with E-state index in [9.17, 15) is 0 Å². The molecule has 1 aromatic rings. The standard InChI is InChI=1S/C8H7BO2/c1-2-7-3-5-8(6-4-7)9(10)11/h2-3,5,10-11H,1H2. The molecule has 0 saturated carbocycles. The lowest BCUT2D eigenvalue weighted by Crippen LogP contribution is -2.28. The van der Waals surface area contributed by atoms with Gasteiger partial charge in [-0.1, -0.05) is 30.9 Å². The van der Waals surface area contributed by atoms with Gasteiger partial charge in [0.25, 0.3) is 0 Å². The highest BCUT2D eigenvalue weighted by Gasteiger charge is 2.08. The molecule has 0 unspecified atom stereocenters. The summed E-state index contributed by atoms with van der Waals surface area (Å²) in [5.41, 5.74) is 1.10. The summed E-state index contributed by atoms with van der Waals surface area (Å²) in [6.45, 7) is 3.53. The lowest BCUT2D eigenvalue weighted by atomic mass is 9.81. The maximum absolute atomic E-state index is 8.67. The molecule has 0 amide bonds. The molecule has 1 aromatic carbocycles. The van der Waals surface area contributed by atoms with E-state index in [4.69, 9.17) is 10.0 Å². The Labute approximate surface area is 66.0 Å². The van der Waals surface area contributed by atoms with Gasteiger partial charge in [-0.15, -0.1) is 0 Å². The minimum Gasteiger partial charge on any atom is -0.423 e. The molecular weight excluding hydrogens is 139 g/mol. The van der Waals surface area contributed by atoms with Gasteiger partial charge < -0.3 is 10.0 Å². The van der Waals surface area contributed by atoms with Crippen LogP contribution in [0.2, 0.25) is 0 Å². The zero-order valence-corrected chi connectivity index (χ0v) is 5.91. The Kier molecular flexibility index (Phi) is 2.32. The second-order valence-electron chi connectivity index (χ2n) is 2.07. The van der Waals surface area contributed by atoms with Crippen LogP contribution in [0.3, 0.4) is 0 Å². The van der Waals surface area contributed by atoms with Crippen molar-refractivity contribution >= 4 is 18.7 Å². The van der Waals surface area contributed by atoms with E-state index in [0.717, 1.165) is 5.56 Å². The maximum atomic E-state index is 8.67. The van der Waals surface area contributed by atoms with E-state index in [1.807, 2.05) is 0 Å². The molecule has 0 aliphatic rings. The van der Waals surface area contributed by atoms with E-state index in [0.29, 0.717) is 5.46 Å². The van der Waals surface area contributed by atoms with Gasteiger partial charge in [0.1, 0.15) is 0 Å². The SMILES string of the molecule is C=Cc1c#cc(B(O)O)cc1. The average molecular weight is 146 g/mol. The molecule has 0 saturated heterocycles. The highest BCUT2D eigenvalue weighted by molar-refractivity contribution is 6.58. The van der Waals surface area contributed by atoms with E-state index in [1.165, 1.54) is 0 Å². The number of hydrogen-bond acceptors (Lipinski definition) is 2. The first-order chi connectivity index (χ1) is 5.24. The summed E-state index contributed by atoms with van der Waals surface area (Å²) in [5.74, 6) is 0. The van der Waals surface area contributed by atoms with Crippen molar-refractivity contribution in [1.82, 2.24) is 0 Å². The maximum Gasteiger partial charge on any atom is 0.497 e. The van der Waals surface area contributed by atoms with Crippen LogP contribution in [0.1, 0.15) is 5.56 Å². The second kappa shape index (κ2) is 3.24. The molecule has 0 radical (unpaired) electrons. The summed E-state index contributed by atoms with van der Waals surface area (Å²) in [6.07, 6.45) is 1.62. The molecule has 2 N–H and O–H groups in total. The highest BCUT2D eigenvalue weighted by Crippen LogP contribution is 1.92. The van der Waals surface area contributed by atoms with Gasteiger partial charge >= 0.3 is 7.12 Å². The lowest BCUT2D eigenvalue weighted by molar-refractivity contribution is 0.426. The fourth-order valence-corrected chi connectivity index (χ4v) is 0.677. The van der Waals surface area contributed by atoms with Gasteiger partial charge in [-0.25, -0.2) is 0 Å². The van der Waals surface area contributed by atoms with Gasteiger partial charge in [-0.2, -0.15) is 0 Å². The van der Waals surface area contributed by atoms with Crippen molar-refractivity contribution in [1.29, 1.82) is 0 Å². The average Bonchev–Trinajstić information content (AvgIpc) is 2.05. The summed E-state index contributed by atoms with van der Waals surface area (Å²) in [4.78, 5) is 0. The Morgan fingerprint density at radius 1 is 1.36 bits per heavy atom. The second-order valence-corrected chi connectivity index (χ2v) is 2.07. The number of rotatable bonds is 2. The van der Waals surface area contributed by atoms with Crippen LogP contribution in [0.15, 0.2) is 18.7 Å². The van der Waals surface area contributed by atoms with Crippen molar-refractivity contribution in [3.8, 4) is 0 Å². The van der Waals surface area contributed by atoms with Gasteiger partial charge in [0, 0.05) is 11.0 Å².